The molecule has 2 amide bonds. The van der Waals surface area contributed by atoms with Gasteiger partial charge in [0.2, 0.25) is 0 Å². The average Bonchev–Trinajstić information content (AvgIpc) is 2.75. The van der Waals surface area contributed by atoms with Crippen molar-refractivity contribution in [3.05, 3.63) is 33.2 Å². The summed E-state index contributed by atoms with van der Waals surface area (Å²) in [6.07, 6.45) is 5.34. The van der Waals surface area contributed by atoms with E-state index in [0.29, 0.717) is 16.0 Å². The van der Waals surface area contributed by atoms with E-state index in [1.165, 1.54) is 13.5 Å². The van der Waals surface area contributed by atoms with E-state index >= 15 is 0 Å². The van der Waals surface area contributed by atoms with Crippen LogP contribution in [-0.4, -0.2) is 61.8 Å². The van der Waals surface area contributed by atoms with E-state index in [9.17, 15) is 9.70 Å². The Balaban J connectivity index is 1.36. The zero-order chi connectivity index (χ0) is 20.8. The van der Waals surface area contributed by atoms with Gasteiger partial charge in [0, 0.05) is 39.3 Å². The topological polar surface area (TPSA) is 68.2 Å². The summed E-state index contributed by atoms with van der Waals surface area (Å²) in [7, 11) is 1.37. The van der Waals surface area contributed by atoms with E-state index in [-0.39, 0.29) is 6.04 Å². The molecular weight excluding hydrogens is 413 g/mol. The summed E-state index contributed by atoms with van der Waals surface area (Å²) < 4.78 is 0. The molecule has 160 valence electrons. The zero-order valence-electron chi connectivity index (χ0n) is 16.8. The zero-order valence-corrected chi connectivity index (χ0v) is 18.3. The summed E-state index contributed by atoms with van der Waals surface area (Å²) in [6, 6.07) is 5.53. The molecule has 1 aromatic rings. The number of benzene rings is 1. The average molecular weight is 442 g/mol. The molecule has 1 aliphatic carbocycles. The molecule has 1 aliphatic heterocycles. The molecule has 7 nitrogen and oxygen atoms in total. The summed E-state index contributed by atoms with van der Waals surface area (Å²) in [6.45, 7) is 5.07. The van der Waals surface area contributed by atoms with Crippen LogP contribution in [0.5, 0.6) is 0 Å². The van der Waals surface area contributed by atoms with Crippen molar-refractivity contribution in [3.8, 4) is 0 Å². The highest BCUT2D eigenvalue weighted by atomic mass is 35.5. The molecule has 1 saturated heterocycles. The third kappa shape index (κ3) is 5.96. The van der Waals surface area contributed by atoms with Gasteiger partial charge in [-0.25, -0.2) is 4.79 Å². The Morgan fingerprint density at radius 3 is 2.52 bits per heavy atom. The lowest BCUT2D eigenvalue weighted by Gasteiger charge is -2.37. The molecule has 9 heteroatoms. The molecule has 1 saturated carbocycles. The van der Waals surface area contributed by atoms with Crippen LogP contribution >= 0.6 is 23.2 Å². The number of piperazine rings is 1. The molecular formula is C20H29Cl2N5O2. The van der Waals surface area contributed by atoms with Crippen LogP contribution in [0.15, 0.2) is 23.5 Å². The Hall–Kier alpha value is -1.57. The molecule has 29 heavy (non-hydrogen) atoms. The third-order valence-electron chi connectivity index (χ3n) is 6.09. The van der Waals surface area contributed by atoms with Gasteiger partial charge < -0.3 is 10.2 Å². The van der Waals surface area contributed by atoms with Gasteiger partial charge in [0.25, 0.3) is 0 Å². The number of nitroso groups, excluding NO2 is 1. The lowest BCUT2D eigenvalue weighted by Crippen LogP contribution is -2.47. The molecule has 0 unspecified atom stereocenters. The largest absolute Gasteiger partial charge is 0.368 e. The fourth-order valence-electron chi connectivity index (χ4n) is 4.21. The Labute approximate surface area is 182 Å². The van der Waals surface area contributed by atoms with Crippen LogP contribution in [-0.2, 0) is 0 Å². The first-order valence-corrected chi connectivity index (χ1v) is 11.0. The van der Waals surface area contributed by atoms with Gasteiger partial charge in [-0.2, -0.15) is 5.01 Å². The normalized spacial score (nSPS) is 22.9. The van der Waals surface area contributed by atoms with Crippen molar-refractivity contribution in [1.82, 2.24) is 15.2 Å². The first kappa shape index (κ1) is 22.1. The Kier molecular flexibility index (Phi) is 7.98. The van der Waals surface area contributed by atoms with Crippen molar-refractivity contribution >= 4 is 34.9 Å². The van der Waals surface area contributed by atoms with Gasteiger partial charge in [-0.3, -0.25) is 4.90 Å². The Morgan fingerprint density at radius 2 is 1.86 bits per heavy atom. The monoisotopic (exact) mass is 441 g/mol. The maximum Gasteiger partial charge on any atom is 0.340 e. The van der Waals surface area contributed by atoms with Crippen LogP contribution in [0, 0.1) is 10.8 Å². The number of halogens is 2. The van der Waals surface area contributed by atoms with Crippen molar-refractivity contribution in [2.75, 3.05) is 44.7 Å². The molecule has 1 N–H and O–H groups in total. The first-order valence-electron chi connectivity index (χ1n) is 10.3. The number of nitrogens with one attached hydrogen (secondary N) is 1. The van der Waals surface area contributed by atoms with E-state index < -0.39 is 6.03 Å². The molecule has 0 spiro atoms. The molecule has 0 radical (unpaired) electrons. The summed E-state index contributed by atoms with van der Waals surface area (Å²) in [5.41, 5.74) is 1.02. The minimum atomic E-state index is -0.416. The second-order valence-electron chi connectivity index (χ2n) is 7.96. The SMILES string of the molecule is CN(N=O)C(=O)NC1CCC(CCN2CCN(c3cccc(Cl)c3Cl)CC2)CC1. The van der Waals surface area contributed by atoms with Crippen molar-refractivity contribution in [3.63, 3.8) is 0 Å². The lowest BCUT2D eigenvalue weighted by atomic mass is 9.84. The summed E-state index contributed by atoms with van der Waals surface area (Å²) in [5, 5.41) is 7.57. The van der Waals surface area contributed by atoms with Crippen LogP contribution in [0.2, 0.25) is 10.0 Å². The Morgan fingerprint density at radius 1 is 1.17 bits per heavy atom. The van der Waals surface area contributed by atoms with E-state index in [2.05, 4.69) is 20.4 Å². The number of carbonyl (C=O) groups is 1. The number of anilines is 1. The number of hydrogen-bond donors (Lipinski definition) is 1. The maximum atomic E-state index is 11.7. The number of rotatable bonds is 6. The van der Waals surface area contributed by atoms with Gasteiger partial charge in [0.15, 0.2) is 0 Å². The molecule has 3 rings (SSSR count). The van der Waals surface area contributed by atoms with Crippen molar-refractivity contribution < 1.29 is 4.79 Å². The van der Waals surface area contributed by atoms with Crippen LogP contribution in [0.4, 0.5) is 10.5 Å². The van der Waals surface area contributed by atoms with E-state index in [4.69, 9.17) is 23.2 Å². The van der Waals surface area contributed by atoms with Gasteiger partial charge in [-0.05, 0) is 56.7 Å². The highest BCUT2D eigenvalue weighted by molar-refractivity contribution is 6.43. The smallest absolute Gasteiger partial charge is 0.340 e. The second-order valence-corrected chi connectivity index (χ2v) is 8.75. The molecule has 0 aromatic heterocycles. The number of urea groups is 1. The summed E-state index contributed by atoms with van der Waals surface area (Å²) in [5.74, 6) is 0.700. The van der Waals surface area contributed by atoms with Crippen LogP contribution in [0.1, 0.15) is 32.1 Å². The molecule has 1 heterocycles. The number of hydrogen-bond acceptors (Lipinski definition) is 5. The highest BCUT2D eigenvalue weighted by Gasteiger charge is 2.25. The van der Waals surface area contributed by atoms with E-state index in [1.54, 1.807) is 0 Å². The highest BCUT2D eigenvalue weighted by Crippen LogP contribution is 2.33. The molecule has 2 fully saturated rings. The van der Waals surface area contributed by atoms with Crippen LogP contribution in [0.3, 0.4) is 0 Å². The fourth-order valence-corrected chi connectivity index (χ4v) is 4.63. The van der Waals surface area contributed by atoms with Crippen molar-refractivity contribution in [1.29, 1.82) is 0 Å². The van der Waals surface area contributed by atoms with Gasteiger partial charge in [0.05, 0.1) is 21.0 Å². The minimum absolute atomic E-state index is 0.147. The van der Waals surface area contributed by atoms with Gasteiger partial charge >= 0.3 is 6.03 Å². The van der Waals surface area contributed by atoms with Crippen LogP contribution < -0.4 is 10.2 Å². The predicted octanol–water partition coefficient (Wildman–Crippen LogP) is 4.39. The van der Waals surface area contributed by atoms with Crippen LogP contribution in [0.25, 0.3) is 0 Å². The number of amides is 2. The Bertz CT molecular complexity index is 704. The molecule has 0 atom stereocenters. The van der Waals surface area contributed by atoms with Crippen molar-refractivity contribution in [2.24, 2.45) is 11.2 Å². The van der Waals surface area contributed by atoms with E-state index in [1.807, 2.05) is 18.2 Å². The van der Waals surface area contributed by atoms with Gasteiger partial charge in [-0.15, -0.1) is 4.91 Å². The maximum absolute atomic E-state index is 11.7. The molecule has 2 aliphatic rings. The second kappa shape index (κ2) is 10.5. The summed E-state index contributed by atoms with van der Waals surface area (Å²) in [4.78, 5) is 27.0. The summed E-state index contributed by atoms with van der Waals surface area (Å²) >= 11 is 12.5. The number of nitrogens with zero attached hydrogens (tertiary/aromatic N) is 4. The van der Waals surface area contributed by atoms with Crippen molar-refractivity contribution in [2.45, 2.75) is 38.1 Å². The van der Waals surface area contributed by atoms with Gasteiger partial charge in [-0.1, -0.05) is 29.3 Å². The minimum Gasteiger partial charge on any atom is -0.368 e. The third-order valence-corrected chi connectivity index (χ3v) is 6.90. The number of carbonyl (C=O) groups excluding carboxylic acids is 1. The molecule has 0 bridgehead atoms. The first-order chi connectivity index (χ1) is 14.0. The standard InChI is InChI=1S/C20H29Cl2N5O2/c1-25(24-29)20(28)23-16-7-5-15(6-8-16)9-10-26-11-13-27(14-12-26)18-4-2-3-17(21)19(18)22/h2-4,15-16H,5-14H2,1H3,(H,23,28). The van der Waals surface area contributed by atoms with E-state index in [0.717, 1.165) is 69.1 Å². The fraction of sp³-hybridized carbons (Fsp3) is 0.650. The quantitative estimate of drug-likeness (QED) is 0.524. The predicted molar refractivity (Wildman–Crippen MR) is 118 cm³/mol. The van der Waals surface area contributed by atoms with Gasteiger partial charge in [0.1, 0.15) is 0 Å². The molecule has 1 aromatic carbocycles. The lowest BCUT2D eigenvalue weighted by molar-refractivity contribution is 0.190.